The molecule has 0 heterocycles. The molecule has 0 radical (unpaired) electrons. The van der Waals surface area contributed by atoms with E-state index in [-0.39, 0.29) is 11.8 Å². The molecule has 0 atom stereocenters. The number of carbonyl (C=O) groups excluding carboxylic acids is 2. The van der Waals surface area contributed by atoms with Crippen molar-refractivity contribution in [2.45, 2.75) is 6.54 Å². The van der Waals surface area contributed by atoms with Crippen molar-refractivity contribution in [3.63, 3.8) is 0 Å². The molecule has 0 bridgehead atoms. The fourth-order valence-corrected chi connectivity index (χ4v) is 3.68. The Morgan fingerprint density at radius 2 is 1.70 bits per heavy atom. The number of nitrogens with one attached hydrogen (secondary N) is 1. The van der Waals surface area contributed by atoms with Gasteiger partial charge in [0, 0.05) is 28.7 Å². The topological polar surface area (TPSA) is 58.6 Å². The summed E-state index contributed by atoms with van der Waals surface area (Å²) in [6, 6.07) is 19.3. The summed E-state index contributed by atoms with van der Waals surface area (Å²) in [7, 11) is 3.26. The van der Waals surface area contributed by atoms with Gasteiger partial charge in [0.05, 0.1) is 23.9 Å². The smallest absolute Gasteiger partial charge is 0.256 e. The lowest BCUT2D eigenvalue weighted by molar-refractivity contribution is 0.0785. The van der Waals surface area contributed by atoms with Crippen molar-refractivity contribution in [2.24, 2.45) is 0 Å². The van der Waals surface area contributed by atoms with Gasteiger partial charge in [0.25, 0.3) is 11.8 Å². The quantitative estimate of drug-likeness (QED) is 0.490. The molecule has 0 saturated carbocycles. The molecule has 30 heavy (non-hydrogen) atoms. The molecule has 154 valence electrons. The van der Waals surface area contributed by atoms with Crippen LogP contribution in [0.5, 0.6) is 5.75 Å². The minimum Gasteiger partial charge on any atom is -0.496 e. The number of ether oxygens (including phenoxy) is 1. The van der Waals surface area contributed by atoms with E-state index in [0.717, 1.165) is 5.56 Å². The van der Waals surface area contributed by atoms with Crippen LogP contribution in [0.1, 0.15) is 26.3 Å². The number of benzene rings is 3. The maximum Gasteiger partial charge on any atom is 0.256 e. The molecule has 5 nitrogen and oxygen atoms in total. The average molecular weight is 488 g/mol. The molecule has 0 fully saturated rings. The lowest BCUT2D eigenvalue weighted by atomic mass is 10.1. The molecule has 3 aromatic carbocycles. The van der Waals surface area contributed by atoms with Gasteiger partial charge in [-0.2, -0.15) is 0 Å². The zero-order valence-electron chi connectivity index (χ0n) is 16.5. The van der Waals surface area contributed by atoms with Crippen molar-refractivity contribution in [3.8, 4) is 5.75 Å². The second-order valence-corrected chi connectivity index (χ2v) is 7.89. The number of methoxy groups -OCH3 is 1. The van der Waals surface area contributed by atoms with Gasteiger partial charge < -0.3 is 15.0 Å². The Bertz CT molecular complexity index is 1090. The Morgan fingerprint density at radius 3 is 2.40 bits per heavy atom. The summed E-state index contributed by atoms with van der Waals surface area (Å²) in [5, 5.41) is 3.40. The van der Waals surface area contributed by atoms with Crippen molar-refractivity contribution in [2.75, 3.05) is 19.5 Å². The van der Waals surface area contributed by atoms with Crippen LogP contribution in [-0.2, 0) is 6.54 Å². The second-order valence-electron chi connectivity index (χ2n) is 6.60. The molecule has 0 aromatic heterocycles. The van der Waals surface area contributed by atoms with E-state index >= 15 is 0 Å². The third kappa shape index (κ3) is 5.01. The molecule has 0 aliphatic rings. The van der Waals surface area contributed by atoms with Crippen LogP contribution in [-0.4, -0.2) is 30.9 Å². The van der Waals surface area contributed by atoms with E-state index in [1.807, 2.05) is 6.07 Å². The van der Waals surface area contributed by atoms with E-state index in [1.165, 1.54) is 0 Å². The van der Waals surface area contributed by atoms with E-state index in [0.29, 0.717) is 38.6 Å². The van der Waals surface area contributed by atoms with Gasteiger partial charge in [-0.25, -0.2) is 0 Å². The standard InChI is InChI=1S/C23H20BrClN2O3/c1-27(14-15-13-16(25)11-12-21(15)30-2)23(29)18-8-4-6-10-20(18)26-22(28)17-7-3-5-9-19(17)24/h3-13H,14H2,1-2H3,(H,26,28). The largest absolute Gasteiger partial charge is 0.496 e. The first-order valence-corrected chi connectivity index (χ1v) is 10.3. The number of nitrogens with zero attached hydrogens (tertiary/aromatic N) is 1. The minimum atomic E-state index is -0.304. The van der Waals surface area contributed by atoms with Gasteiger partial charge in [0.15, 0.2) is 0 Å². The molecule has 0 unspecified atom stereocenters. The van der Waals surface area contributed by atoms with E-state index in [9.17, 15) is 9.59 Å². The van der Waals surface area contributed by atoms with Crippen molar-refractivity contribution >= 4 is 45.0 Å². The first kappa shape index (κ1) is 21.9. The Hall–Kier alpha value is -2.83. The van der Waals surface area contributed by atoms with Crippen LogP contribution in [0.3, 0.4) is 0 Å². The zero-order chi connectivity index (χ0) is 21.7. The Morgan fingerprint density at radius 1 is 1.03 bits per heavy atom. The molecule has 0 spiro atoms. The molecule has 0 saturated heterocycles. The maximum atomic E-state index is 13.1. The molecule has 3 rings (SSSR count). The normalized spacial score (nSPS) is 10.4. The second kappa shape index (κ2) is 9.78. The Labute approximate surface area is 188 Å². The fourth-order valence-electron chi connectivity index (χ4n) is 3.02. The summed E-state index contributed by atoms with van der Waals surface area (Å²) in [5.41, 5.74) is 2.10. The molecule has 0 aliphatic heterocycles. The molecular formula is C23H20BrClN2O3. The van der Waals surface area contributed by atoms with Gasteiger partial charge in [0.2, 0.25) is 0 Å². The highest BCUT2D eigenvalue weighted by Crippen LogP contribution is 2.26. The van der Waals surface area contributed by atoms with Gasteiger partial charge in [-0.3, -0.25) is 9.59 Å². The SMILES string of the molecule is COc1ccc(Cl)cc1CN(C)C(=O)c1ccccc1NC(=O)c1ccccc1Br. The third-order valence-corrected chi connectivity index (χ3v) is 5.45. The lowest BCUT2D eigenvalue weighted by Crippen LogP contribution is -2.27. The third-order valence-electron chi connectivity index (χ3n) is 4.52. The van der Waals surface area contributed by atoms with Crippen LogP contribution in [0.15, 0.2) is 71.2 Å². The van der Waals surface area contributed by atoms with Crippen molar-refractivity contribution in [3.05, 3.63) is 92.9 Å². The molecule has 7 heteroatoms. The van der Waals surface area contributed by atoms with E-state index in [4.69, 9.17) is 16.3 Å². The maximum absolute atomic E-state index is 13.1. The van der Waals surface area contributed by atoms with Crippen molar-refractivity contribution in [1.29, 1.82) is 0 Å². The predicted octanol–water partition coefficient (Wildman–Crippen LogP) is 5.64. The highest BCUT2D eigenvalue weighted by atomic mass is 79.9. The first-order chi connectivity index (χ1) is 14.4. The lowest BCUT2D eigenvalue weighted by Gasteiger charge is -2.21. The van der Waals surface area contributed by atoms with Crippen molar-refractivity contribution in [1.82, 2.24) is 4.90 Å². The van der Waals surface area contributed by atoms with Crippen LogP contribution < -0.4 is 10.1 Å². The number of halogens is 2. The van der Waals surface area contributed by atoms with E-state index in [2.05, 4.69) is 21.2 Å². The predicted molar refractivity (Wildman–Crippen MR) is 122 cm³/mol. The average Bonchev–Trinajstić information content (AvgIpc) is 2.74. The number of anilines is 1. The molecule has 0 aliphatic carbocycles. The number of para-hydroxylation sites is 1. The summed E-state index contributed by atoms with van der Waals surface area (Å²) in [6.07, 6.45) is 0. The van der Waals surface area contributed by atoms with Gasteiger partial charge in [-0.15, -0.1) is 0 Å². The van der Waals surface area contributed by atoms with Gasteiger partial charge >= 0.3 is 0 Å². The number of hydrogen-bond donors (Lipinski definition) is 1. The summed E-state index contributed by atoms with van der Waals surface area (Å²) in [5.74, 6) is 0.108. The minimum absolute atomic E-state index is 0.236. The number of carbonyl (C=O) groups is 2. The fraction of sp³-hybridized carbons (Fsp3) is 0.130. The summed E-state index contributed by atoms with van der Waals surface area (Å²) >= 11 is 9.48. The molecule has 2 amide bonds. The van der Waals surface area contributed by atoms with Crippen LogP contribution in [0.25, 0.3) is 0 Å². The van der Waals surface area contributed by atoms with Gasteiger partial charge in [-0.1, -0.05) is 35.9 Å². The van der Waals surface area contributed by atoms with Crippen LogP contribution in [0, 0.1) is 0 Å². The summed E-state index contributed by atoms with van der Waals surface area (Å²) in [6.45, 7) is 0.301. The molecule has 1 N–H and O–H groups in total. The van der Waals surface area contributed by atoms with Crippen LogP contribution >= 0.6 is 27.5 Å². The van der Waals surface area contributed by atoms with E-state index < -0.39 is 0 Å². The van der Waals surface area contributed by atoms with Gasteiger partial charge in [0.1, 0.15) is 5.75 Å². The van der Waals surface area contributed by atoms with Crippen LogP contribution in [0.4, 0.5) is 5.69 Å². The summed E-state index contributed by atoms with van der Waals surface area (Å²) < 4.78 is 6.04. The van der Waals surface area contributed by atoms with Crippen LogP contribution in [0.2, 0.25) is 5.02 Å². The summed E-state index contributed by atoms with van der Waals surface area (Å²) in [4.78, 5) is 27.4. The highest BCUT2D eigenvalue weighted by molar-refractivity contribution is 9.10. The highest BCUT2D eigenvalue weighted by Gasteiger charge is 2.19. The monoisotopic (exact) mass is 486 g/mol. The van der Waals surface area contributed by atoms with Gasteiger partial charge in [-0.05, 0) is 58.4 Å². The number of amides is 2. The van der Waals surface area contributed by atoms with E-state index in [1.54, 1.807) is 79.7 Å². The number of hydrogen-bond acceptors (Lipinski definition) is 3. The number of rotatable bonds is 6. The molecule has 3 aromatic rings. The molecular weight excluding hydrogens is 468 g/mol. The zero-order valence-corrected chi connectivity index (χ0v) is 18.8. The first-order valence-electron chi connectivity index (χ1n) is 9.13. The van der Waals surface area contributed by atoms with Crippen molar-refractivity contribution < 1.29 is 14.3 Å². The Balaban J connectivity index is 1.83. The Kier molecular flexibility index (Phi) is 7.13.